The van der Waals surface area contributed by atoms with Gasteiger partial charge < -0.3 is 9.47 Å². The number of hydrogen-bond acceptors (Lipinski definition) is 6. The fourth-order valence-corrected chi connectivity index (χ4v) is 4.97. The first kappa shape index (κ1) is 24.0. The number of hydrogen-bond donors (Lipinski definition) is 4. The smallest absolute Gasteiger partial charge is 0.277 e. The van der Waals surface area contributed by atoms with E-state index in [1.54, 1.807) is 0 Å². The van der Waals surface area contributed by atoms with Gasteiger partial charge in [0.15, 0.2) is 11.5 Å². The largest absolute Gasteiger partial charge is 0.454 e. The molecule has 0 saturated heterocycles. The SMILES string of the molecule is Cc1ccc(-c2[nH][nH]c(=O)c2C(c2cc3c(cc2[N+](=O)[O-])OCO3)c2c(-c3ccc(C)cc3)[nH][nH]c2=O)cc1. The minimum atomic E-state index is -1.16. The summed E-state index contributed by atoms with van der Waals surface area (Å²) in [6.45, 7) is 3.78. The molecule has 3 aromatic carbocycles. The molecule has 2 aromatic heterocycles. The minimum Gasteiger partial charge on any atom is -0.454 e. The van der Waals surface area contributed by atoms with Crippen molar-refractivity contribution in [1.29, 1.82) is 0 Å². The number of nitrogens with zero attached hydrogens (tertiary/aromatic N) is 1. The molecule has 11 heteroatoms. The summed E-state index contributed by atoms with van der Waals surface area (Å²) >= 11 is 0. The van der Waals surface area contributed by atoms with Crippen molar-refractivity contribution in [3.63, 3.8) is 0 Å². The molecule has 5 aromatic rings. The van der Waals surface area contributed by atoms with E-state index in [0.717, 1.165) is 11.1 Å². The van der Waals surface area contributed by atoms with Crippen molar-refractivity contribution in [2.24, 2.45) is 0 Å². The van der Waals surface area contributed by atoms with E-state index in [1.165, 1.54) is 12.1 Å². The quantitative estimate of drug-likeness (QED) is 0.189. The van der Waals surface area contributed by atoms with Gasteiger partial charge in [-0.3, -0.25) is 40.1 Å². The average molecular weight is 526 g/mol. The summed E-state index contributed by atoms with van der Waals surface area (Å²) in [5.74, 6) is -0.654. The molecule has 0 radical (unpaired) electrons. The van der Waals surface area contributed by atoms with Gasteiger partial charge in [-0.15, -0.1) is 0 Å². The van der Waals surface area contributed by atoms with Gasteiger partial charge in [0.25, 0.3) is 16.8 Å². The number of rotatable bonds is 6. The van der Waals surface area contributed by atoms with Crippen molar-refractivity contribution in [3.8, 4) is 34.0 Å². The maximum atomic E-state index is 13.5. The van der Waals surface area contributed by atoms with Crippen molar-refractivity contribution in [1.82, 2.24) is 20.4 Å². The Labute approximate surface area is 220 Å². The predicted octanol–water partition coefficient (Wildman–Crippen LogP) is 4.49. The highest BCUT2D eigenvalue weighted by Crippen LogP contribution is 2.46. The minimum absolute atomic E-state index is 0.0979. The third kappa shape index (κ3) is 4.09. The summed E-state index contributed by atoms with van der Waals surface area (Å²) in [6, 6.07) is 17.7. The van der Waals surface area contributed by atoms with E-state index < -0.39 is 22.0 Å². The van der Waals surface area contributed by atoms with Gasteiger partial charge in [0.1, 0.15) is 0 Å². The molecule has 4 N–H and O–H groups in total. The van der Waals surface area contributed by atoms with Crippen LogP contribution in [0.4, 0.5) is 5.69 Å². The van der Waals surface area contributed by atoms with E-state index in [-0.39, 0.29) is 40.7 Å². The molecule has 0 bridgehead atoms. The summed E-state index contributed by atoms with van der Waals surface area (Å²) in [4.78, 5) is 38.7. The van der Waals surface area contributed by atoms with E-state index in [0.29, 0.717) is 22.5 Å². The standard InChI is InChI=1S/C28H23N5O6/c1-14-3-7-16(8-4-14)25-23(27(34)31-29-25)22(18-11-20-21(39-13-38-20)12-19(18)33(36)37)24-26(30-32-28(24)35)17-9-5-15(2)6-10-17/h3-12,22H,13H2,1-2H3,(H2,29,31,34)(H2,30,32,35). The lowest BCUT2D eigenvalue weighted by atomic mass is 9.82. The lowest BCUT2D eigenvalue weighted by Gasteiger charge is -2.18. The van der Waals surface area contributed by atoms with Gasteiger partial charge in [-0.05, 0) is 31.0 Å². The number of fused-ring (bicyclic) bond motifs is 1. The first-order valence-electron chi connectivity index (χ1n) is 12.1. The zero-order valence-corrected chi connectivity index (χ0v) is 21.0. The van der Waals surface area contributed by atoms with Gasteiger partial charge >= 0.3 is 0 Å². The molecule has 0 atom stereocenters. The maximum Gasteiger partial charge on any atom is 0.277 e. The molecule has 0 saturated carbocycles. The van der Waals surface area contributed by atoms with Crippen LogP contribution in [0.15, 0.2) is 70.3 Å². The Morgan fingerprint density at radius 2 is 1.21 bits per heavy atom. The van der Waals surface area contributed by atoms with Gasteiger partial charge in [-0.25, -0.2) is 0 Å². The fraction of sp³-hybridized carbons (Fsp3) is 0.143. The van der Waals surface area contributed by atoms with Crippen LogP contribution in [0.25, 0.3) is 22.5 Å². The summed E-state index contributed by atoms with van der Waals surface area (Å²) in [6.07, 6.45) is 0. The lowest BCUT2D eigenvalue weighted by Crippen LogP contribution is -2.21. The van der Waals surface area contributed by atoms with Crippen LogP contribution < -0.4 is 20.6 Å². The Morgan fingerprint density at radius 1 is 0.744 bits per heavy atom. The van der Waals surface area contributed by atoms with Gasteiger partial charge in [-0.1, -0.05) is 59.7 Å². The fourth-order valence-electron chi connectivity index (χ4n) is 4.97. The zero-order valence-electron chi connectivity index (χ0n) is 21.0. The third-order valence-electron chi connectivity index (χ3n) is 6.92. The van der Waals surface area contributed by atoms with E-state index in [2.05, 4.69) is 20.4 Å². The second-order valence-electron chi connectivity index (χ2n) is 9.42. The molecule has 39 heavy (non-hydrogen) atoms. The number of nitro benzene ring substituents is 1. The van der Waals surface area contributed by atoms with Crippen LogP contribution in [0.3, 0.4) is 0 Å². The van der Waals surface area contributed by atoms with Crippen LogP contribution in [-0.2, 0) is 0 Å². The number of aryl methyl sites for hydroxylation is 2. The first-order chi connectivity index (χ1) is 18.8. The van der Waals surface area contributed by atoms with Crippen molar-refractivity contribution >= 4 is 5.69 Å². The second kappa shape index (κ2) is 9.21. The molecule has 0 aliphatic carbocycles. The molecule has 6 rings (SSSR count). The number of benzene rings is 3. The van der Waals surface area contributed by atoms with Gasteiger partial charge in [0, 0.05) is 5.56 Å². The van der Waals surface area contributed by atoms with Crippen molar-refractivity contribution < 1.29 is 14.4 Å². The molecule has 3 heterocycles. The van der Waals surface area contributed by atoms with E-state index >= 15 is 0 Å². The molecule has 1 aliphatic heterocycles. The molecule has 196 valence electrons. The third-order valence-corrected chi connectivity index (χ3v) is 6.92. The Hall–Kier alpha value is -5.32. The van der Waals surface area contributed by atoms with Crippen molar-refractivity contribution in [2.45, 2.75) is 19.8 Å². The van der Waals surface area contributed by atoms with E-state index in [1.807, 2.05) is 62.4 Å². The first-order valence-corrected chi connectivity index (χ1v) is 12.1. The number of nitro groups is 1. The monoisotopic (exact) mass is 525 g/mol. The Morgan fingerprint density at radius 3 is 1.67 bits per heavy atom. The van der Waals surface area contributed by atoms with Crippen LogP contribution in [0.5, 0.6) is 11.5 Å². The summed E-state index contributed by atoms with van der Waals surface area (Å²) in [5, 5.41) is 23.4. The van der Waals surface area contributed by atoms with Crippen LogP contribution in [0, 0.1) is 24.0 Å². The Balaban J connectivity index is 1.69. The topological polar surface area (TPSA) is 159 Å². The Kier molecular flexibility index (Phi) is 5.68. The highest BCUT2D eigenvalue weighted by molar-refractivity contribution is 5.73. The lowest BCUT2D eigenvalue weighted by molar-refractivity contribution is -0.385. The molecule has 0 spiro atoms. The van der Waals surface area contributed by atoms with Gasteiger partial charge in [0.05, 0.1) is 39.4 Å². The van der Waals surface area contributed by atoms with E-state index in [9.17, 15) is 19.7 Å². The van der Waals surface area contributed by atoms with Crippen molar-refractivity contribution in [3.05, 3.63) is 119 Å². The molecule has 1 aliphatic rings. The molecular formula is C28H23N5O6. The van der Waals surface area contributed by atoms with Gasteiger partial charge in [-0.2, -0.15) is 0 Å². The predicted molar refractivity (Wildman–Crippen MR) is 143 cm³/mol. The summed E-state index contributed by atoms with van der Waals surface area (Å²) in [5.41, 5.74) is 3.28. The highest BCUT2D eigenvalue weighted by Gasteiger charge is 2.37. The highest BCUT2D eigenvalue weighted by atomic mass is 16.7. The Bertz CT molecular complexity index is 1730. The summed E-state index contributed by atoms with van der Waals surface area (Å²) in [7, 11) is 0. The number of aromatic nitrogens is 4. The van der Waals surface area contributed by atoms with E-state index in [4.69, 9.17) is 9.47 Å². The molecule has 0 unspecified atom stereocenters. The molecular weight excluding hydrogens is 502 g/mol. The number of aromatic amines is 4. The molecule has 0 fully saturated rings. The molecule has 0 amide bonds. The van der Waals surface area contributed by atoms with Crippen molar-refractivity contribution in [2.75, 3.05) is 6.79 Å². The normalized spacial score (nSPS) is 12.3. The molecule has 11 nitrogen and oxygen atoms in total. The van der Waals surface area contributed by atoms with Gasteiger partial charge in [0.2, 0.25) is 6.79 Å². The van der Waals surface area contributed by atoms with Crippen LogP contribution in [0.1, 0.15) is 33.7 Å². The van der Waals surface area contributed by atoms with Crippen LogP contribution in [0.2, 0.25) is 0 Å². The number of ether oxygens (including phenoxy) is 2. The second-order valence-corrected chi connectivity index (χ2v) is 9.42. The van der Waals surface area contributed by atoms with Crippen LogP contribution in [-0.4, -0.2) is 32.1 Å². The zero-order chi connectivity index (χ0) is 27.3. The summed E-state index contributed by atoms with van der Waals surface area (Å²) < 4.78 is 10.9. The maximum absolute atomic E-state index is 13.5. The number of H-pyrrole nitrogens is 4. The number of nitrogens with one attached hydrogen (secondary N) is 4. The average Bonchev–Trinajstić information content (AvgIpc) is 3.64. The van der Waals surface area contributed by atoms with Crippen LogP contribution >= 0.6 is 0 Å².